The highest BCUT2D eigenvalue weighted by Crippen LogP contribution is 2.22. The number of amides is 1. The normalized spacial score (nSPS) is 18.6. The molecule has 0 aliphatic carbocycles. The number of carbonyl (C=O) groups is 1. The molecule has 2 heterocycles. The molecule has 144 valence electrons. The fraction of sp³-hybridized carbons (Fsp3) is 0.455. The highest BCUT2D eigenvalue weighted by atomic mass is 19.1. The molecule has 1 saturated heterocycles. The van der Waals surface area contributed by atoms with Gasteiger partial charge in [-0.05, 0) is 48.6 Å². The maximum absolute atomic E-state index is 13.2. The number of nitrogens with zero attached hydrogens (tertiary/aromatic N) is 3. The molecule has 0 N–H and O–H groups in total. The van der Waals surface area contributed by atoms with Crippen molar-refractivity contribution < 1.29 is 9.18 Å². The smallest absolute Gasteiger partial charge is 0.255 e. The van der Waals surface area contributed by atoms with Crippen molar-refractivity contribution in [2.24, 2.45) is 5.92 Å². The van der Waals surface area contributed by atoms with E-state index < -0.39 is 0 Å². The summed E-state index contributed by atoms with van der Waals surface area (Å²) in [6.07, 6.45) is 4.31. The molecule has 0 bridgehead atoms. The van der Waals surface area contributed by atoms with Crippen LogP contribution in [0.1, 0.15) is 41.8 Å². The molecule has 0 spiro atoms. The SMILES string of the molecule is Cc1ccncc1C(=O)N1CCCN(Cc2ccc(F)cc2)C(C(C)C)C1. The van der Waals surface area contributed by atoms with Gasteiger partial charge in [0.2, 0.25) is 0 Å². The molecule has 1 aromatic heterocycles. The van der Waals surface area contributed by atoms with Crippen molar-refractivity contribution in [3.8, 4) is 0 Å². The van der Waals surface area contributed by atoms with Gasteiger partial charge >= 0.3 is 0 Å². The van der Waals surface area contributed by atoms with Crippen LogP contribution in [0, 0.1) is 18.7 Å². The third-order valence-corrected chi connectivity index (χ3v) is 5.37. The zero-order valence-corrected chi connectivity index (χ0v) is 16.4. The van der Waals surface area contributed by atoms with Gasteiger partial charge in [0, 0.05) is 44.6 Å². The Kier molecular flexibility index (Phi) is 6.22. The van der Waals surface area contributed by atoms with Crippen LogP contribution in [0.3, 0.4) is 0 Å². The predicted molar refractivity (Wildman–Crippen MR) is 105 cm³/mol. The first kappa shape index (κ1) is 19.5. The Morgan fingerprint density at radius 1 is 1.22 bits per heavy atom. The zero-order chi connectivity index (χ0) is 19.4. The molecule has 1 fully saturated rings. The van der Waals surface area contributed by atoms with E-state index in [1.165, 1.54) is 12.1 Å². The molecule has 27 heavy (non-hydrogen) atoms. The molecule has 1 atom stereocenters. The summed E-state index contributed by atoms with van der Waals surface area (Å²) in [6.45, 7) is 9.50. The van der Waals surface area contributed by atoms with E-state index in [1.807, 2.05) is 30.0 Å². The summed E-state index contributed by atoms with van der Waals surface area (Å²) in [6, 6.07) is 8.86. The number of hydrogen-bond donors (Lipinski definition) is 0. The van der Waals surface area contributed by atoms with Gasteiger partial charge in [-0.25, -0.2) is 4.39 Å². The Morgan fingerprint density at radius 2 is 1.96 bits per heavy atom. The molecule has 0 saturated carbocycles. The molecule has 2 aromatic rings. The summed E-state index contributed by atoms with van der Waals surface area (Å²) in [7, 11) is 0. The number of pyridine rings is 1. The van der Waals surface area contributed by atoms with Crippen LogP contribution >= 0.6 is 0 Å². The van der Waals surface area contributed by atoms with Gasteiger partial charge in [0.05, 0.1) is 5.56 Å². The topological polar surface area (TPSA) is 36.4 Å². The Morgan fingerprint density at radius 3 is 2.63 bits per heavy atom. The lowest BCUT2D eigenvalue weighted by molar-refractivity contribution is 0.0701. The van der Waals surface area contributed by atoms with Gasteiger partial charge in [-0.1, -0.05) is 26.0 Å². The fourth-order valence-corrected chi connectivity index (χ4v) is 3.76. The minimum Gasteiger partial charge on any atom is -0.337 e. The van der Waals surface area contributed by atoms with Gasteiger partial charge in [0.1, 0.15) is 5.82 Å². The third kappa shape index (κ3) is 4.72. The first-order valence-electron chi connectivity index (χ1n) is 9.64. The van der Waals surface area contributed by atoms with Gasteiger partial charge in [0.15, 0.2) is 0 Å². The van der Waals surface area contributed by atoms with E-state index in [0.717, 1.165) is 37.2 Å². The lowest BCUT2D eigenvalue weighted by atomic mass is 10.0. The molecule has 1 aliphatic rings. The van der Waals surface area contributed by atoms with Gasteiger partial charge in [-0.2, -0.15) is 0 Å². The van der Waals surface area contributed by atoms with Crippen molar-refractivity contribution in [1.82, 2.24) is 14.8 Å². The quantitative estimate of drug-likeness (QED) is 0.820. The molecule has 1 aliphatic heterocycles. The highest BCUT2D eigenvalue weighted by molar-refractivity contribution is 5.95. The monoisotopic (exact) mass is 369 g/mol. The largest absolute Gasteiger partial charge is 0.337 e. The minimum atomic E-state index is -0.210. The number of aryl methyl sites for hydroxylation is 1. The van der Waals surface area contributed by atoms with E-state index in [9.17, 15) is 9.18 Å². The second-order valence-corrected chi connectivity index (χ2v) is 7.70. The molecule has 4 nitrogen and oxygen atoms in total. The van der Waals surface area contributed by atoms with Gasteiger partial charge in [0.25, 0.3) is 5.91 Å². The molecule has 3 rings (SSSR count). The Hall–Kier alpha value is -2.27. The molecule has 1 unspecified atom stereocenters. The molecular weight excluding hydrogens is 341 g/mol. The maximum atomic E-state index is 13.2. The Balaban J connectivity index is 1.77. The first-order valence-corrected chi connectivity index (χ1v) is 9.64. The van der Waals surface area contributed by atoms with E-state index in [2.05, 4.69) is 23.7 Å². The molecule has 5 heteroatoms. The van der Waals surface area contributed by atoms with Gasteiger partial charge in [-0.15, -0.1) is 0 Å². The number of halogens is 1. The number of aromatic nitrogens is 1. The third-order valence-electron chi connectivity index (χ3n) is 5.37. The average Bonchev–Trinajstić information content (AvgIpc) is 2.86. The molecule has 1 amide bonds. The summed E-state index contributed by atoms with van der Waals surface area (Å²) in [5, 5.41) is 0. The molecule has 1 aromatic carbocycles. The second kappa shape index (κ2) is 8.61. The van der Waals surface area contributed by atoms with Gasteiger partial charge < -0.3 is 4.90 Å². The maximum Gasteiger partial charge on any atom is 0.255 e. The average molecular weight is 369 g/mol. The summed E-state index contributed by atoms with van der Waals surface area (Å²) >= 11 is 0. The Labute approximate surface area is 161 Å². The molecule has 0 radical (unpaired) electrons. The van der Waals surface area contributed by atoms with Crippen LogP contribution in [0.25, 0.3) is 0 Å². The van der Waals surface area contributed by atoms with Crippen molar-refractivity contribution >= 4 is 5.91 Å². The van der Waals surface area contributed by atoms with E-state index in [1.54, 1.807) is 12.4 Å². The summed E-state index contributed by atoms with van der Waals surface area (Å²) in [4.78, 5) is 21.6. The van der Waals surface area contributed by atoms with E-state index in [0.29, 0.717) is 18.0 Å². The predicted octanol–water partition coefficient (Wildman–Crippen LogP) is 3.90. The number of carbonyl (C=O) groups excluding carboxylic acids is 1. The first-order chi connectivity index (χ1) is 13.0. The van der Waals surface area contributed by atoms with E-state index in [4.69, 9.17) is 0 Å². The van der Waals surface area contributed by atoms with Crippen LogP contribution in [-0.4, -0.2) is 46.4 Å². The molecular formula is C22H28FN3O. The highest BCUT2D eigenvalue weighted by Gasteiger charge is 2.30. The summed E-state index contributed by atoms with van der Waals surface area (Å²) in [5.74, 6) is 0.266. The van der Waals surface area contributed by atoms with Gasteiger partial charge in [-0.3, -0.25) is 14.7 Å². The van der Waals surface area contributed by atoms with Crippen molar-refractivity contribution in [3.63, 3.8) is 0 Å². The van der Waals surface area contributed by atoms with Crippen LogP contribution in [0.5, 0.6) is 0 Å². The number of rotatable bonds is 4. The van der Waals surface area contributed by atoms with Crippen LogP contribution in [-0.2, 0) is 6.54 Å². The summed E-state index contributed by atoms with van der Waals surface area (Å²) < 4.78 is 13.2. The summed E-state index contributed by atoms with van der Waals surface area (Å²) in [5.41, 5.74) is 2.75. The lowest BCUT2D eigenvalue weighted by Crippen LogP contribution is -2.45. The zero-order valence-electron chi connectivity index (χ0n) is 16.4. The van der Waals surface area contributed by atoms with Crippen molar-refractivity contribution in [2.45, 2.75) is 39.8 Å². The Bertz CT molecular complexity index is 775. The minimum absolute atomic E-state index is 0.0647. The lowest BCUT2D eigenvalue weighted by Gasteiger charge is -2.34. The van der Waals surface area contributed by atoms with E-state index >= 15 is 0 Å². The van der Waals surface area contributed by atoms with Crippen LogP contribution < -0.4 is 0 Å². The van der Waals surface area contributed by atoms with Crippen LogP contribution in [0.4, 0.5) is 4.39 Å². The van der Waals surface area contributed by atoms with Crippen LogP contribution in [0.15, 0.2) is 42.7 Å². The van der Waals surface area contributed by atoms with Crippen molar-refractivity contribution in [1.29, 1.82) is 0 Å². The number of hydrogen-bond acceptors (Lipinski definition) is 3. The van der Waals surface area contributed by atoms with Crippen molar-refractivity contribution in [2.75, 3.05) is 19.6 Å². The van der Waals surface area contributed by atoms with E-state index in [-0.39, 0.29) is 17.8 Å². The fourth-order valence-electron chi connectivity index (χ4n) is 3.76. The second-order valence-electron chi connectivity index (χ2n) is 7.70. The number of benzene rings is 1. The standard InChI is InChI=1S/C22H28FN3O/c1-16(2)21-15-26(22(27)20-13-24-10-9-17(20)3)12-4-11-25(21)14-18-5-7-19(23)8-6-18/h5-10,13,16,21H,4,11-12,14-15H2,1-3H3. The van der Waals surface area contributed by atoms with Crippen molar-refractivity contribution in [3.05, 3.63) is 65.2 Å². The van der Waals surface area contributed by atoms with Crippen LogP contribution in [0.2, 0.25) is 0 Å².